The second kappa shape index (κ2) is 7.71. The lowest BCUT2D eigenvalue weighted by Gasteiger charge is -2.13. The van der Waals surface area contributed by atoms with Gasteiger partial charge in [-0.1, -0.05) is 6.92 Å². The summed E-state index contributed by atoms with van der Waals surface area (Å²) in [6.07, 6.45) is -2.67. The number of alkyl halides is 3. The van der Waals surface area contributed by atoms with E-state index >= 15 is 0 Å². The number of halogens is 3. The molecule has 0 bridgehead atoms. The number of primary amides is 2. The molecular weight excluding hydrogens is 425 g/mol. The molecule has 0 radical (unpaired) electrons. The smallest absolute Gasteiger partial charge is 0.364 e. The molecule has 2 heterocycles. The molecule has 2 amide bonds. The molecule has 0 fully saturated rings. The van der Waals surface area contributed by atoms with E-state index in [9.17, 15) is 22.8 Å². The predicted molar refractivity (Wildman–Crippen MR) is 107 cm³/mol. The minimum absolute atomic E-state index is 0.0267. The van der Waals surface area contributed by atoms with Crippen LogP contribution in [0.25, 0.3) is 22.2 Å². The fourth-order valence-corrected chi connectivity index (χ4v) is 4.59. The van der Waals surface area contributed by atoms with Crippen LogP contribution in [-0.4, -0.2) is 27.2 Å². The van der Waals surface area contributed by atoms with E-state index in [-0.39, 0.29) is 27.2 Å². The number of carbonyl (C=O) groups excluding carboxylic acids is 2. The quantitative estimate of drug-likeness (QED) is 0.563. The molecule has 0 spiro atoms. The number of aromatic nitrogens is 2. The average Bonchev–Trinajstić information content (AvgIpc) is 3.19. The van der Waals surface area contributed by atoms with Crippen LogP contribution in [0.4, 0.5) is 18.0 Å². The van der Waals surface area contributed by atoms with Crippen molar-refractivity contribution in [1.82, 2.24) is 9.55 Å². The van der Waals surface area contributed by atoms with Crippen LogP contribution in [0, 0.1) is 6.92 Å². The van der Waals surface area contributed by atoms with E-state index in [0.29, 0.717) is 15.5 Å². The first-order valence-electron chi connectivity index (χ1n) is 8.51. The van der Waals surface area contributed by atoms with Gasteiger partial charge in [0.25, 0.3) is 5.91 Å². The molecule has 0 saturated carbocycles. The summed E-state index contributed by atoms with van der Waals surface area (Å²) in [5.74, 6) is -0.155. The normalized spacial score (nSPS) is 11.9. The van der Waals surface area contributed by atoms with E-state index in [1.165, 1.54) is 24.0 Å². The highest BCUT2D eigenvalue weighted by atomic mass is 32.2. The standard InChI is InChI=1S/C18H17F3N4O2S2/c1-3-4-28-9-5-11(18(19,20)21)13-10(7-25(17(23)27)12(13)6-9)14-8(2)29-16(24-14)15(22)26/h5-7H,3-4H2,1-2H3,(H2,22,26)(H2,23,27). The zero-order valence-electron chi connectivity index (χ0n) is 15.5. The van der Waals surface area contributed by atoms with Crippen molar-refractivity contribution in [3.05, 3.63) is 33.8 Å². The molecule has 11 heteroatoms. The van der Waals surface area contributed by atoms with Gasteiger partial charge in [0.2, 0.25) is 0 Å². The molecule has 4 N–H and O–H groups in total. The van der Waals surface area contributed by atoms with Gasteiger partial charge < -0.3 is 11.5 Å². The summed E-state index contributed by atoms with van der Waals surface area (Å²) in [6, 6.07) is 1.65. The number of hydrogen-bond acceptors (Lipinski definition) is 5. The van der Waals surface area contributed by atoms with Gasteiger partial charge in [-0.3, -0.25) is 9.36 Å². The van der Waals surface area contributed by atoms with Crippen molar-refractivity contribution < 1.29 is 22.8 Å². The molecule has 2 aromatic heterocycles. The Labute approximate surface area is 172 Å². The van der Waals surface area contributed by atoms with Crippen LogP contribution in [0.15, 0.2) is 23.2 Å². The summed E-state index contributed by atoms with van der Waals surface area (Å²) in [5.41, 5.74) is 10.0. The third-order valence-electron chi connectivity index (χ3n) is 4.16. The maximum atomic E-state index is 13.9. The fourth-order valence-electron chi connectivity index (χ4n) is 2.98. The molecule has 3 rings (SSSR count). The van der Waals surface area contributed by atoms with Crippen molar-refractivity contribution in [2.45, 2.75) is 31.3 Å². The number of nitrogens with zero attached hydrogens (tertiary/aromatic N) is 2. The number of carbonyl (C=O) groups is 2. The van der Waals surface area contributed by atoms with Crippen molar-refractivity contribution >= 4 is 45.9 Å². The predicted octanol–water partition coefficient (Wildman–Crippen LogP) is 4.62. The van der Waals surface area contributed by atoms with Crippen LogP contribution >= 0.6 is 23.1 Å². The molecule has 29 heavy (non-hydrogen) atoms. The number of hydrogen-bond donors (Lipinski definition) is 2. The van der Waals surface area contributed by atoms with Gasteiger partial charge in [0, 0.05) is 26.9 Å². The molecule has 154 valence electrons. The Bertz CT molecular complexity index is 1120. The number of amides is 2. The van der Waals surface area contributed by atoms with Gasteiger partial charge in [-0.15, -0.1) is 23.1 Å². The Balaban J connectivity index is 2.40. The Morgan fingerprint density at radius 2 is 1.97 bits per heavy atom. The minimum atomic E-state index is -4.67. The number of rotatable bonds is 5. The molecule has 0 aliphatic rings. The number of fused-ring (bicyclic) bond motifs is 1. The summed E-state index contributed by atoms with van der Waals surface area (Å²) in [4.78, 5) is 28.4. The Kier molecular flexibility index (Phi) is 5.63. The SMILES string of the molecule is CCCSc1cc(C(F)(F)F)c2c(-c3nc(C(N)=O)sc3C)cn(C(N)=O)c2c1. The van der Waals surface area contributed by atoms with Crippen molar-refractivity contribution in [2.75, 3.05) is 5.75 Å². The third kappa shape index (κ3) is 3.97. The number of aryl methyl sites for hydroxylation is 1. The largest absolute Gasteiger partial charge is 0.417 e. The number of nitrogens with two attached hydrogens (primary N) is 2. The number of thiazole rings is 1. The molecule has 0 aliphatic carbocycles. The van der Waals surface area contributed by atoms with E-state index in [1.54, 1.807) is 6.92 Å². The van der Waals surface area contributed by atoms with Crippen molar-refractivity contribution in [3.8, 4) is 11.3 Å². The molecule has 0 atom stereocenters. The first-order chi connectivity index (χ1) is 13.5. The minimum Gasteiger partial charge on any atom is -0.364 e. The van der Waals surface area contributed by atoms with E-state index < -0.39 is 23.7 Å². The van der Waals surface area contributed by atoms with Crippen molar-refractivity contribution in [1.29, 1.82) is 0 Å². The van der Waals surface area contributed by atoms with Gasteiger partial charge in [0.05, 0.1) is 16.8 Å². The lowest BCUT2D eigenvalue weighted by Crippen LogP contribution is -2.18. The first kappa shape index (κ1) is 21.2. The molecule has 0 saturated heterocycles. The maximum Gasteiger partial charge on any atom is 0.417 e. The van der Waals surface area contributed by atoms with E-state index in [2.05, 4.69) is 4.98 Å². The van der Waals surface area contributed by atoms with Crippen molar-refractivity contribution in [3.63, 3.8) is 0 Å². The highest BCUT2D eigenvalue weighted by Crippen LogP contribution is 2.44. The monoisotopic (exact) mass is 442 g/mol. The summed E-state index contributed by atoms with van der Waals surface area (Å²) in [7, 11) is 0. The van der Waals surface area contributed by atoms with Gasteiger partial charge in [0.15, 0.2) is 5.01 Å². The Morgan fingerprint density at radius 1 is 1.28 bits per heavy atom. The van der Waals surface area contributed by atoms with E-state index in [1.807, 2.05) is 6.92 Å². The zero-order chi connectivity index (χ0) is 21.5. The Morgan fingerprint density at radius 3 is 2.48 bits per heavy atom. The molecule has 0 unspecified atom stereocenters. The third-order valence-corrected chi connectivity index (χ3v) is 6.32. The summed E-state index contributed by atoms with van der Waals surface area (Å²) < 4.78 is 42.8. The molecular formula is C18H17F3N4O2S2. The topological polar surface area (TPSA) is 104 Å². The second-order valence-corrected chi connectivity index (χ2v) is 8.62. The van der Waals surface area contributed by atoms with Crippen molar-refractivity contribution in [2.24, 2.45) is 11.5 Å². The van der Waals surface area contributed by atoms with Gasteiger partial charge in [0.1, 0.15) is 0 Å². The Hall–Kier alpha value is -2.53. The summed E-state index contributed by atoms with van der Waals surface area (Å²) >= 11 is 2.24. The van der Waals surface area contributed by atoms with Crippen LogP contribution in [0.1, 0.15) is 33.6 Å². The number of thioether (sulfide) groups is 1. The zero-order valence-corrected chi connectivity index (χ0v) is 17.1. The molecule has 1 aromatic carbocycles. The lowest BCUT2D eigenvalue weighted by atomic mass is 10.0. The maximum absolute atomic E-state index is 13.9. The van der Waals surface area contributed by atoms with Gasteiger partial charge in [-0.25, -0.2) is 9.78 Å². The average molecular weight is 442 g/mol. The van der Waals surface area contributed by atoms with Crippen LogP contribution in [0.2, 0.25) is 0 Å². The van der Waals surface area contributed by atoms with Gasteiger partial charge in [-0.2, -0.15) is 13.2 Å². The first-order valence-corrected chi connectivity index (χ1v) is 10.3. The highest BCUT2D eigenvalue weighted by Gasteiger charge is 2.36. The second-order valence-electron chi connectivity index (χ2n) is 6.25. The van der Waals surface area contributed by atoms with E-state index in [0.717, 1.165) is 28.4 Å². The van der Waals surface area contributed by atoms with Gasteiger partial charge in [-0.05, 0) is 31.2 Å². The molecule has 6 nitrogen and oxygen atoms in total. The van der Waals surface area contributed by atoms with Crippen LogP contribution in [-0.2, 0) is 6.18 Å². The highest BCUT2D eigenvalue weighted by molar-refractivity contribution is 7.99. The lowest BCUT2D eigenvalue weighted by molar-refractivity contribution is -0.136. The number of benzene rings is 1. The fraction of sp³-hybridized carbons (Fsp3) is 0.278. The van der Waals surface area contributed by atoms with Crippen LogP contribution in [0.3, 0.4) is 0 Å². The molecule has 0 aliphatic heterocycles. The summed E-state index contributed by atoms with van der Waals surface area (Å²) in [6.45, 7) is 3.54. The summed E-state index contributed by atoms with van der Waals surface area (Å²) in [5, 5.41) is -0.220. The van der Waals surface area contributed by atoms with E-state index in [4.69, 9.17) is 11.5 Å². The van der Waals surface area contributed by atoms with Gasteiger partial charge >= 0.3 is 12.2 Å². The molecule has 3 aromatic rings. The van der Waals surface area contributed by atoms with Crippen LogP contribution < -0.4 is 11.5 Å². The van der Waals surface area contributed by atoms with Crippen LogP contribution in [0.5, 0.6) is 0 Å².